The Labute approximate surface area is 194 Å². The maximum Gasteiger partial charge on any atom is 0.407 e. The van der Waals surface area contributed by atoms with Crippen molar-refractivity contribution >= 4 is 18.0 Å². The van der Waals surface area contributed by atoms with Gasteiger partial charge in [0.25, 0.3) is 0 Å². The van der Waals surface area contributed by atoms with Gasteiger partial charge in [0.2, 0.25) is 5.91 Å². The number of nitrogens with one attached hydrogen (secondary N) is 2. The average Bonchev–Trinajstić information content (AvgIpc) is 3.11. The van der Waals surface area contributed by atoms with E-state index in [9.17, 15) is 14.4 Å². The summed E-state index contributed by atoms with van der Waals surface area (Å²) in [7, 11) is 0. The van der Waals surface area contributed by atoms with Crippen LogP contribution in [0.3, 0.4) is 0 Å². The van der Waals surface area contributed by atoms with Crippen molar-refractivity contribution in [2.24, 2.45) is 11.8 Å². The number of rotatable bonds is 11. The van der Waals surface area contributed by atoms with Gasteiger partial charge in [-0.25, -0.2) is 4.79 Å². The van der Waals surface area contributed by atoms with Crippen molar-refractivity contribution in [1.29, 1.82) is 0 Å². The third-order valence-electron chi connectivity index (χ3n) is 6.13. The summed E-state index contributed by atoms with van der Waals surface area (Å²) < 4.78 is 5.57. The molecule has 3 N–H and O–H groups in total. The number of fused-ring (bicyclic) bond motifs is 3. The molecule has 0 radical (unpaired) electrons. The number of carbonyl (C=O) groups is 3. The summed E-state index contributed by atoms with van der Waals surface area (Å²) in [5.74, 6) is -0.890. The van der Waals surface area contributed by atoms with Gasteiger partial charge in [-0.05, 0) is 40.5 Å². The van der Waals surface area contributed by atoms with E-state index in [4.69, 9.17) is 9.84 Å². The number of amides is 2. The molecule has 0 fully saturated rings. The van der Waals surface area contributed by atoms with Gasteiger partial charge in [-0.2, -0.15) is 0 Å². The molecule has 1 atom stereocenters. The number of hydrogen-bond acceptors (Lipinski definition) is 4. The Balaban J connectivity index is 1.48. The van der Waals surface area contributed by atoms with Crippen molar-refractivity contribution in [2.45, 2.75) is 39.0 Å². The fraction of sp³-hybridized carbons (Fsp3) is 0.423. The summed E-state index contributed by atoms with van der Waals surface area (Å²) >= 11 is 0. The average molecular weight is 453 g/mol. The number of alkyl carbamates (subject to hydrolysis) is 1. The Morgan fingerprint density at radius 2 is 1.58 bits per heavy atom. The van der Waals surface area contributed by atoms with Gasteiger partial charge in [-0.1, -0.05) is 62.4 Å². The van der Waals surface area contributed by atoms with Crippen LogP contribution >= 0.6 is 0 Å². The van der Waals surface area contributed by atoms with E-state index in [0.29, 0.717) is 19.5 Å². The molecule has 2 aromatic rings. The summed E-state index contributed by atoms with van der Waals surface area (Å²) in [4.78, 5) is 35.2. The van der Waals surface area contributed by atoms with Crippen molar-refractivity contribution in [3.05, 3.63) is 59.7 Å². The first-order valence-corrected chi connectivity index (χ1v) is 11.4. The SMILES string of the molecule is CC(C)C(CNC(=O)OCC1c2ccccc2-c2ccccc21)CC(=O)NCCCC(=O)O. The van der Waals surface area contributed by atoms with E-state index in [0.717, 1.165) is 11.1 Å². The first-order chi connectivity index (χ1) is 15.9. The van der Waals surface area contributed by atoms with Gasteiger partial charge in [0, 0.05) is 31.8 Å². The van der Waals surface area contributed by atoms with Crippen molar-refractivity contribution in [1.82, 2.24) is 10.6 Å². The molecule has 2 aromatic carbocycles. The summed E-state index contributed by atoms with van der Waals surface area (Å²) in [5, 5.41) is 14.2. The first-order valence-electron chi connectivity index (χ1n) is 11.4. The highest BCUT2D eigenvalue weighted by atomic mass is 16.5. The monoisotopic (exact) mass is 452 g/mol. The molecule has 1 aliphatic carbocycles. The quantitative estimate of drug-likeness (QED) is 0.444. The van der Waals surface area contributed by atoms with E-state index in [-0.39, 0.29) is 43.1 Å². The van der Waals surface area contributed by atoms with Crippen LogP contribution in [-0.4, -0.2) is 42.8 Å². The number of carboxylic acids is 1. The van der Waals surface area contributed by atoms with Crippen LogP contribution in [0.5, 0.6) is 0 Å². The van der Waals surface area contributed by atoms with Crippen LogP contribution in [0.2, 0.25) is 0 Å². The standard InChI is InChI=1S/C26H32N2O5/c1-17(2)18(14-24(29)27-13-7-12-25(30)31)15-28-26(32)33-16-23-21-10-5-3-8-19(21)20-9-4-6-11-22(20)23/h3-6,8-11,17-18,23H,7,12-16H2,1-2H3,(H,27,29)(H,28,32)(H,30,31). The largest absolute Gasteiger partial charge is 0.481 e. The molecule has 7 heteroatoms. The second-order valence-electron chi connectivity index (χ2n) is 8.76. The Morgan fingerprint density at radius 3 is 2.15 bits per heavy atom. The van der Waals surface area contributed by atoms with E-state index in [1.54, 1.807) is 0 Å². The van der Waals surface area contributed by atoms with E-state index in [1.807, 2.05) is 38.1 Å². The molecule has 0 bridgehead atoms. The molecule has 0 saturated carbocycles. The Kier molecular flexibility index (Phi) is 8.46. The van der Waals surface area contributed by atoms with Crippen LogP contribution in [0.15, 0.2) is 48.5 Å². The van der Waals surface area contributed by atoms with Crippen LogP contribution in [0.25, 0.3) is 11.1 Å². The lowest BCUT2D eigenvalue weighted by Gasteiger charge is -2.21. The Bertz CT molecular complexity index is 943. The van der Waals surface area contributed by atoms with Crippen LogP contribution in [-0.2, 0) is 14.3 Å². The summed E-state index contributed by atoms with van der Waals surface area (Å²) in [5.41, 5.74) is 4.67. The number of carbonyl (C=O) groups excluding carboxylic acids is 2. The van der Waals surface area contributed by atoms with Crippen LogP contribution < -0.4 is 10.6 Å². The molecular weight excluding hydrogens is 420 g/mol. The molecule has 1 aliphatic rings. The van der Waals surface area contributed by atoms with Gasteiger partial charge in [-0.3, -0.25) is 9.59 Å². The molecular formula is C26H32N2O5. The van der Waals surface area contributed by atoms with Crippen LogP contribution in [0.4, 0.5) is 4.79 Å². The smallest absolute Gasteiger partial charge is 0.407 e. The highest BCUT2D eigenvalue weighted by Crippen LogP contribution is 2.44. The van der Waals surface area contributed by atoms with Crippen LogP contribution in [0.1, 0.15) is 50.2 Å². The normalized spacial score (nSPS) is 13.2. The van der Waals surface area contributed by atoms with E-state index in [1.165, 1.54) is 11.1 Å². The Hall–Kier alpha value is -3.35. The lowest BCUT2D eigenvalue weighted by atomic mass is 9.92. The fourth-order valence-electron chi connectivity index (χ4n) is 4.19. The van der Waals surface area contributed by atoms with Crippen molar-refractivity contribution in [3.63, 3.8) is 0 Å². The second-order valence-corrected chi connectivity index (χ2v) is 8.76. The molecule has 0 aliphatic heterocycles. The van der Waals surface area contributed by atoms with Gasteiger partial charge in [0.1, 0.15) is 6.61 Å². The summed E-state index contributed by atoms with van der Waals surface area (Å²) in [6.07, 6.45) is 0.182. The molecule has 0 spiro atoms. The molecule has 3 rings (SSSR count). The molecule has 0 heterocycles. The predicted octanol–water partition coefficient (Wildman–Crippen LogP) is 4.17. The van der Waals surface area contributed by atoms with Crippen molar-refractivity contribution < 1.29 is 24.2 Å². The third-order valence-corrected chi connectivity index (χ3v) is 6.13. The zero-order valence-corrected chi connectivity index (χ0v) is 19.2. The maximum atomic E-state index is 12.4. The number of hydrogen-bond donors (Lipinski definition) is 3. The van der Waals surface area contributed by atoms with Crippen molar-refractivity contribution in [3.8, 4) is 11.1 Å². The molecule has 33 heavy (non-hydrogen) atoms. The minimum absolute atomic E-state index is 0.000579. The fourth-order valence-corrected chi connectivity index (χ4v) is 4.19. The molecule has 0 saturated heterocycles. The van der Waals surface area contributed by atoms with Gasteiger partial charge >= 0.3 is 12.1 Å². The second kappa shape index (κ2) is 11.5. The number of ether oxygens (including phenoxy) is 1. The maximum absolute atomic E-state index is 12.4. The lowest BCUT2D eigenvalue weighted by Crippen LogP contribution is -2.36. The van der Waals surface area contributed by atoms with Crippen molar-refractivity contribution in [2.75, 3.05) is 19.7 Å². The minimum atomic E-state index is -0.878. The summed E-state index contributed by atoms with van der Waals surface area (Å²) in [6, 6.07) is 16.4. The third kappa shape index (κ3) is 6.57. The Morgan fingerprint density at radius 1 is 0.970 bits per heavy atom. The summed E-state index contributed by atoms with van der Waals surface area (Å²) in [6.45, 7) is 4.91. The minimum Gasteiger partial charge on any atom is -0.481 e. The molecule has 2 amide bonds. The van der Waals surface area contributed by atoms with Gasteiger partial charge in [0.05, 0.1) is 0 Å². The van der Waals surface area contributed by atoms with E-state index < -0.39 is 12.1 Å². The van der Waals surface area contributed by atoms with Gasteiger partial charge in [0.15, 0.2) is 0 Å². The van der Waals surface area contributed by atoms with E-state index >= 15 is 0 Å². The topological polar surface area (TPSA) is 105 Å². The molecule has 176 valence electrons. The van der Waals surface area contributed by atoms with E-state index in [2.05, 4.69) is 34.9 Å². The molecule has 1 unspecified atom stereocenters. The van der Waals surface area contributed by atoms with Crippen LogP contribution in [0, 0.1) is 11.8 Å². The van der Waals surface area contributed by atoms with Gasteiger partial charge < -0.3 is 20.5 Å². The first kappa shape index (κ1) is 24.3. The van der Waals surface area contributed by atoms with Gasteiger partial charge in [-0.15, -0.1) is 0 Å². The number of carboxylic acid groups (broad SMARTS) is 1. The predicted molar refractivity (Wildman–Crippen MR) is 126 cm³/mol. The zero-order chi connectivity index (χ0) is 23.8. The molecule has 0 aromatic heterocycles. The zero-order valence-electron chi connectivity index (χ0n) is 19.2. The molecule has 7 nitrogen and oxygen atoms in total. The highest BCUT2D eigenvalue weighted by Gasteiger charge is 2.29. The number of aliphatic carboxylic acids is 1. The number of benzene rings is 2. The lowest BCUT2D eigenvalue weighted by molar-refractivity contribution is -0.137. The highest BCUT2D eigenvalue weighted by molar-refractivity contribution is 5.79.